The van der Waals surface area contributed by atoms with Gasteiger partial charge in [-0.1, -0.05) is 0 Å². The quantitative estimate of drug-likeness (QED) is 0.609. The number of carbonyl (C=O) groups is 2. The van der Waals surface area contributed by atoms with Crippen molar-refractivity contribution in [3.05, 3.63) is 42.3 Å². The van der Waals surface area contributed by atoms with E-state index in [-0.39, 0.29) is 29.3 Å². The summed E-state index contributed by atoms with van der Waals surface area (Å²) in [5, 5.41) is 16.2. The monoisotopic (exact) mass is 403 g/mol. The number of halogens is 1. The molecule has 154 valence electrons. The minimum Gasteiger partial charge on any atom is -0.465 e. The minimum absolute atomic E-state index is 0.117. The fraction of sp³-hybridized carbons (Fsp3) is 0.316. The summed E-state index contributed by atoms with van der Waals surface area (Å²) < 4.78 is 19.5. The van der Waals surface area contributed by atoms with Gasteiger partial charge in [-0.05, 0) is 51.2 Å². The van der Waals surface area contributed by atoms with Crippen LogP contribution < -0.4 is 20.7 Å². The number of carboxylic acid groups (broad SMARTS) is 1. The molecule has 0 radical (unpaired) electrons. The molecule has 1 aliphatic rings. The first-order valence-electron chi connectivity index (χ1n) is 9.08. The zero-order valence-corrected chi connectivity index (χ0v) is 15.8. The van der Waals surface area contributed by atoms with Crippen molar-refractivity contribution < 1.29 is 23.8 Å². The molecule has 0 bridgehead atoms. The summed E-state index contributed by atoms with van der Waals surface area (Å²) in [6.07, 6.45) is 1.87. The van der Waals surface area contributed by atoms with Gasteiger partial charge in [0.2, 0.25) is 0 Å². The lowest BCUT2D eigenvalue weighted by atomic mass is 10.1. The number of anilines is 2. The van der Waals surface area contributed by atoms with Crippen LogP contribution in [0, 0.1) is 5.82 Å². The molecule has 2 heterocycles. The summed E-state index contributed by atoms with van der Waals surface area (Å²) in [4.78, 5) is 29.1. The van der Waals surface area contributed by atoms with Crippen molar-refractivity contribution in [2.75, 3.05) is 30.8 Å². The Labute approximate surface area is 166 Å². The zero-order valence-electron chi connectivity index (χ0n) is 15.8. The second-order valence-electron chi connectivity index (χ2n) is 6.73. The number of amides is 3. The molecule has 1 fully saturated rings. The van der Waals surface area contributed by atoms with Crippen molar-refractivity contribution >= 4 is 23.6 Å². The van der Waals surface area contributed by atoms with E-state index in [9.17, 15) is 14.0 Å². The van der Waals surface area contributed by atoms with Crippen molar-refractivity contribution in [1.29, 1.82) is 0 Å². The Bertz CT molecular complexity index is 887. The van der Waals surface area contributed by atoms with E-state index in [1.54, 1.807) is 6.07 Å². The van der Waals surface area contributed by atoms with Gasteiger partial charge in [-0.2, -0.15) is 0 Å². The van der Waals surface area contributed by atoms with Crippen LogP contribution in [0.1, 0.15) is 12.8 Å². The molecule has 0 unspecified atom stereocenters. The highest BCUT2D eigenvalue weighted by molar-refractivity contribution is 5.88. The molecule has 10 heteroatoms. The van der Waals surface area contributed by atoms with Crippen LogP contribution in [-0.4, -0.2) is 53.3 Å². The Kier molecular flexibility index (Phi) is 6.45. The van der Waals surface area contributed by atoms with E-state index in [2.05, 4.69) is 20.5 Å². The lowest BCUT2D eigenvalue weighted by molar-refractivity contribution is 0.209. The highest BCUT2D eigenvalue weighted by Gasteiger charge is 2.18. The summed E-state index contributed by atoms with van der Waals surface area (Å²) in [6, 6.07) is 6.58. The number of ether oxygens (including phenoxy) is 1. The van der Waals surface area contributed by atoms with Gasteiger partial charge in [-0.3, -0.25) is 10.6 Å². The lowest BCUT2D eigenvalue weighted by Gasteiger charge is -2.29. The van der Waals surface area contributed by atoms with Gasteiger partial charge in [0.05, 0.1) is 5.69 Å². The van der Waals surface area contributed by atoms with Gasteiger partial charge in [0.15, 0.2) is 5.82 Å². The van der Waals surface area contributed by atoms with E-state index in [1.165, 1.54) is 24.4 Å². The summed E-state index contributed by atoms with van der Waals surface area (Å²) >= 11 is 0. The summed E-state index contributed by atoms with van der Waals surface area (Å²) in [5.74, 6) is 0.0340. The van der Waals surface area contributed by atoms with Crippen LogP contribution in [0.4, 0.5) is 25.5 Å². The molecule has 1 saturated heterocycles. The van der Waals surface area contributed by atoms with Gasteiger partial charge >= 0.3 is 12.1 Å². The Hall–Kier alpha value is -3.40. The first-order chi connectivity index (χ1) is 13.9. The first-order valence-corrected chi connectivity index (χ1v) is 9.08. The molecule has 1 aliphatic heterocycles. The van der Waals surface area contributed by atoms with E-state index >= 15 is 0 Å². The molecule has 0 saturated carbocycles. The van der Waals surface area contributed by atoms with Crippen molar-refractivity contribution in [1.82, 2.24) is 15.2 Å². The molecule has 1 aromatic carbocycles. The average Bonchev–Trinajstić information content (AvgIpc) is 2.66. The fourth-order valence-corrected chi connectivity index (χ4v) is 2.95. The number of benzene rings is 1. The van der Waals surface area contributed by atoms with E-state index in [0.717, 1.165) is 32.0 Å². The van der Waals surface area contributed by atoms with Gasteiger partial charge in [0, 0.05) is 24.4 Å². The van der Waals surface area contributed by atoms with Gasteiger partial charge in [0.25, 0.3) is 0 Å². The largest absolute Gasteiger partial charge is 0.465 e. The first kappa shape index (κ1) is 20.3. The van der Waals surface area contributed by atoms with Crippen molar-refractivity contribution in [3.63, 3.8) is 0 Å². The van der Waals surface area contributed by atoms with Gasteiger partial charge in [0.1, 0.15) is 17.3 Å². The Morgan fingerprint density at radius 1 is 1.17 bits per heavy atom. The van der Waals surface area contributed by atoms with E-state index in [0.29, 0.717) is 5.75 Å². The normalized spacial score (nSPS) is 14.8. The number of hydrogen-bond acceptors (Lipinski definition) is 5. The molecule has 0 atom stereocenters. The van der Waals surface area contributed by atoms with Crippen LogP contribution >= 0.6 is 0 Å². The second-order valence-corrected chi connectivity index (χ2v) is 6.73. The van der Waals surface area contributed by atoms with Crippen molar-refractivity contribution in [2.45, 2.75) is 18.9 Å². The van der Waals surface area contributed by atoms with Crippen LogP contribution in [0.5, 0.6) is 11.5 Å². The number of piperidine rings is 1. The van der Waals surface area contributed by atoms with Gasteiger partial charge < -0.3 is 20.1 Å². The smallest absolute Gasteiger partial charge is 0.409 e. The Morgan fingerprint density at radius 3 is 2.59 bits per heavy atom. The molecule has 4 N–H and O–H groups in total. The summed E-state index contributed by atoms with van der Waals surface area (Å²) in [7, 11) is 2.05. The Morgan fingerprint density at radius 2 is 1.90 bits per heavy atom. The third-order valence-corrected chi connectivity index (χ3v) is 4.44. The summed E-state index contributed by atoms with van der Waals surface area (Å²) in [6.45, 7) is 1.87. The molecule has 3 rings (SSSR count). The predicted molar refractivity (Wildman–Crippen MR) is 105 cm³/mol. The molecular weight excluding hydrogens is 381 g/mol. The maximum atomic E-state index is 13.9. The highest BCUT2D eigenvalue weighted by Crippen LogP contribution is 2.26. The minimum atomic E-state index is -1.36. The van der Waals surface area contributed by atoms with Crippen molar-refractivity contribution in [2.24, 2.45) is 0 Å². The SMILES string of the molecule is CN1CCC(NC(=O)Nc2cc(Oc3ccc(NC(=O)O)c(F)c3)ccn2)CC1. The fourth-order valence-electron chi connectivity index (χ4n) is 2.95. The van der Waals surface area contributed by atoms with Crippen LogP contribution in [0.15, 0.2) is 36.5 Å². The van der Waals surface area contributed by atoms with E-state index in [1.807, 2.05) is 12.4 Å². The van der Waals surface area contributed by atoms with E-state index < -0.39 is 11.9 Å². The molecule has 2 aromatic rings. The molecule has 0 aliphatic carbocycles. The molecule has 1 aromatic heterocycles. The number of urea groups is 1. The number of carbonyl (C=O) groups excluding carboxylic acids is 1. The highest BCUT2D eigenvalue weighted by atomic mass is 19.1. The number of likely N-dealkylation sites (tertiary alicyclic amines) is 1. The lowest BCUT2D eigenvalue weighted by Crippen LogP contribution is -2.44. The number of aromatic nitrogens is 1. The van der Waals surface area contributed by atoms with Gasteiger partial charge in [-0.25, -0.2) is 19.0 Å². The summed E-state index contributed by atoms with van der Waals surface area (Å²) in [5.41, 5.74) is -0.174. The standard InChI is InChI=1S/C19H22FN5O4/c1-25-8-5-12(6-9-25)22-18(26)24-17-11-14(4-7-21-17)29-13-2-3-16(15(20)10-13)23-19(27)28/h2-4,7,10-12,23H,5-6,8-9H2,1H3,(H,27,28)(H2,21,22,24,26). The molecule has 3 amide bonds. The third-order valence-electron chi connectivity index (χ3n) is 4.44. The second kappa shape index (κ2) is 9.20. The predicted octanol–water partition coefficient (Wildman–Crippen LogP) is 3.32. The number of nitrogens with zero attached hydrogens (tertiary/aromatic N) is 2. The number of nitrogens with one attached hydrogen (secondary N) is 3. The molecule has 29 heavy (non-hydrogen) atoms. The van der Waals surface area contributed by atoms with E-state index in [4.69, 9.17) is 9.84 Å². The zero-order chi connectivity index (χ0) is 20.8. The Balaban J connectivity index is 1.58. The average molecular weight is 403 g/mol. The molecular formula is C19H22FN5O4. The van der Waals surface area contributed by atoms with Crippen LogP contribution in [0.2, 0.25) is 0 Å². The van der Waals surface area contributed by atoms with Crippen LogP contribution in [0.3, 0.4) is 0 Å². The van der Waals surface area contributed by atoms with Crippen LogP contribution in [0.25, 0.3) is 0 Å². The maximum Gasteiger partial charge on any atom is 0.409 e. The topological polar surface area (TPSA) is 116 Å². The number of rotatable bonds is 5. The molecule has 0 spiro atoms. The van der Waals surface area contributed by atoms with Crippen LogP contribution in [-0.2, 0) is 0 Å². The van der Waals surface area contributed by atoms with Gasteiger partial charge in [-0.15, -0.1) is 0 Å². The van der Waals surface area contributed by atoms with Crippen molar-refractivity contribution in [3.8, 4) is 11.5 Å². The molecule has 9 nitrogen and oxygen atoms in total. The number of hydrogen-bond donors (Lipinski definition) is 4. The number of pyridine rings is 1. The maximum absolute atomic E-state index is 13.9. The third kappa shape index (κ3) is 6.04.